The van der Waals surface area contributed by atoms with Gasteiger partial charge in [0.05, 0.1) is 28.2 Å². The van der Waals surface area contributed by atoms with E-state index in [9.17, 15) is 0 Å². The highest BCUT2D eigenvalue weighted by atomic mass is 14.4. The summed E-state index contributed by atoms with van der Waals surface area (Å²) in [5.74, 6) is 2.44. The van der Waals surface area contributed by atoms with Crippen LogP contribution in [0.5, 0.6) is 0 Å². The van der Waals surface area contributed by atoms with Gasteiger partial charge in [-0.2, -0.15) is 0 Å². The Morgan fingerprint density at radius 3 is 1.39 bits per heavy atom. The van der Waals surface area contributed by atoms with Crippen LogP contribution in [0.1, 0.15) is 72.3 Å². The van der Waals surface area contributed by atoms with Gasteiger partial charge in [-0.05, 0) is 168 Å². The molecule has 10 aromatic rings. The van der Waals surface area contributed by atoms with E-state index < -0.39 is 0 Å². The molecule has 0 aliphatic heterocycles. The summed E-state index contributed by atoms with van der Waals surface area (Å²) in [6.07, 6.45) is 7.13. The molecular weight excluding hydrogens is 853 g/mol. The van der Waals surface area contributed by atoms with Crippen LogP contribution in [0.3, 0.4) is 0 Å². The molecule has 0 N–H and O–H groups in total. The maximum atomic E-state index is 4.42. The minimum absolute atomic E-state index is 1.09. The van der Waals surface area contributed by atoms with Crippen molar-refractivity contribution in [3.63, 3.8) is 0 Å². The number of aryl methyl sites for hydroxylation is 6. The van der Waals surface area contributed by atoms with Crippen LogP contribution in [0.4, 0.5) is 0 Å². The summed E-state index contributed by atoms with van der Waals surface area (Å²) in [6, 6.07) is 74.1. The Labute approximate surface area is 419 Å². The molecule has 2 aliphatic rings. The monoisotopic (exact) mass is 906 g/mol. The van der Waals surface area contributed by atoms with E-state index in [0.29, 0.717) is 0 Å². The first-order chi connectivity index (χ1) is 34.7. The van der Waals surface area contributed by atoms with E-state index >= 15 is 0 Å². The molecule has 0 bridgehead atoms. The summed E-state index contributed by atoms with van der Waals surface area (Å²) in [4.78, 5) is 0. The van der Waals surface area contributed by atoms with Crippen molar-refractivity contribution in [2.24, 2.45) is 0 Å². The average molecular weight is 907 g/mol. The van der Waals surface area contributed by atoms with Gasteiger partial charge in [0.25, 0.3) is 0 Å². The first kappa shape index (κ1) is 43.7. The molecule has 0 heterocycles. The number of hydrogen-bond acceptors (Lipinski definition) is 0. The molecule has 338 valence electrons. The number of allylic oxidation sites excluding steroid dienone is 1. The molecule has 10 aromatic carbocycles. The Hall–Kier alpha value is -8.54. The van der Waals surface area contributed by atoms with Crippen molar-refractivity contribution in [2.45, 2.75) is 41.5 Å². The summed E-state index contributed by atoms with van der Waals surface area (Å²) < 4.78 is 0. The van der Waals surface area contributed by atoms with Gasteiger partial charge in [0.15, 0.2) is 0 Å². The second-order valence-electron chi connectivity index (χ2n) is 19.7. The third-order valence-corrected chi connectivity index (χ3v) is 14.8. The molecular formula is C71H54. The van der Waals surface area contributed by atoms with Crippen molar-refractivity contribution in [1.82, 2.24) is 0 Å². The maximum absolute atomic E-state index is 4.42. The van der Waals surface area contributed by atoms with Gasteiger partial charge < -0.3 is 0 Å². The predicted molar refractivity (Wildman–Crippen MR) is 301 cm³/mol. The van der Waals surface area contributed by atoms with Gasteiger partial charge in [-0.25, -0.2) is 0 Å². The third kappa shape index (κ3) is 7.75. The average Bonchev–Trinajstić information content (AvgIpc) is 3.39. The lowest BCUT2D eigenvalue weighted by molar-refractivity contribution is 1.12. The molecule has 12 rings (SSSR count). The highest BCUT2D eigenvalue weighted by Gasteiger charge is 2.38. The normalized spacial score (nSPS) is 12.6. The summed E-state index contributed by atoms with van der Waals surface area (Å²) in [6.45, 7) is 13.5. The van der Waals surface area contributed by atoms with Gasteiger partial charge >= 0.3 is 0 Å². The molecule has 0 atom stereocenters. The molecule has 0 spiro atoms. The second kappa shape index (κ2) is 17.8. The highest BCUT2D eigenvalue weighted by Crippen LogP contribution is 2.49. The van der Waals surface area contributed by atoms with E-state index in [1.54, 1.807) is 0 Å². The molecule has 0 nitrogen and oxygen atoms in total. The quantitative estimate of drug-likeness (QED) is 0.146. The smallest absolute Gasteiger partial charge is 0.0802 e. The number of hydrogen-bond donors (Lipinski definition) is 0. The van der Waals surface area contributed by atoms with E-state index in [2.05, 4.69) is 266 Å². The molecule has 2 aliphatic carbocycles. The Kier molecular flexibility index (Phi) is 10.9. The minimum atomic E-state index is 1.09. The van der Waals surface area contributed by atoms with Crippen LogP contribution in [0, 0.1) is 53.4 Å². The zero-order valence-electron chi connectivity index (χ0n) is 41.3. The number of benzene rings is 10. The topological polar surface area (TPSA) is 0 Å². The molecule has 0 amide bonds. The number of rotatable bonds is 6. The summed E-state index contributed by atoms with van der Waals surface area (Å²) in [5, 5.41) is 4.65. The molecule has 0 radical (unpaired) electrons. The van der Waals surface area contributed by atoms with Gasteiger partial charge in [0, 0.05) is 27.5 Å². The third-order valence-electron chi connectivity index (χ3n) is 14.8. The van der Waals surface area contributed by atoms with E-state index in [1.807, 2.05) is 0 Å². The molecule has 0 saturated heterocycles. The lowest BCUT2D eigenvalue weighted by Gasteiger charge is -2.28. The fourth-order valence-corrected chi connectivity index (χ4v) is 11.8. The van der Waals surface area contributed by atoms with Crippen molar-refractivity contribution < 1.29 is 0 Å². The van der Waals surface area contributed by atoms with Gasteiger partial charge in [-0.15, -0.1) is 35.9 Å². The predicted octanol–water partition coefficient (Wildman–Crippen LogP) is 16.6. The lowest BCUT2D eigenvalue weighted by atomic mass is 9.70. The summed E-state index contributed by atoms with van der Waals surface area (Å²) >= 11 is 0. The summed E-state index contributed by atoms with van der Waals surface area (Å²) in [7, 11) is 0. The summed E-state index contributed by atoms with van der Waals surface area (Å²) in [5.41, 5.74) is 31.3. The van der Waals surface area contributed by atoms with Crippen LogP contribution in [0.15, 0.2) is 206 Å². The zero-order chi connectivity index (χ0) is 48.3. The maximum Gasteiger partial charge on any atom is 0.0802 e. The van der Waals surface area contributed by atoms with Gasteiger partial charge in [-0.1, -0.05) is 161 Å². The van der Waals surface area contributed by atoms with Crippen LogP contribution < -0.4 is 10.4 Å². The van der Waals surface area contributed by atoms with Crippen LogP contribution >= 0.6 is 0 Å². The van der Waals surface area contributed by atoms with Gasteiger partial charge in [-0.3, -0.25) is 0 Å². The second-order valence-corrected chi connectivity index (χ2v) is 19.7. The lowest BCUT2D eigenvalue weighted by Crippen LogP contribution is -2.31. The van der Waals surface area contributed by atoms with Crippen LogP contribution in [-0.4, -0.2) is 0 Å². The Balaban J connectivity index is 1.31. The fraction of sp³-hybridized carbons (Fsp3) is 0.0845. The largest absolute Gasteiger partial charge is 0.121 e. The van der Waals surface area contributed by atoms with Crippen molar-refractivity contribution >= 4 is 34.2 Å². The number of fused-ring (bicyclic) bond motifs is 4. The first-order valence-corrected chi connectivity index (χ1v) is 24.9. The van der Waals surface area contributed by atoms with E-state index in [0.717, 1.165) is 10.8 Å². The van der Waals surface area contributed by atoms with Crippen molar-refractivity contribution in [3.05, 3.63) is 301 Å². The molecule has 0 saturated carbocycles. The van der Waals surface area contributed by atoms with Crippen molar-refractivity contribution in [1.29, 1.82) is 0 Å². The molecule has 71 heavy (non-hydrogen) atoms. The molecule has 0 unspecified atom stereocenters. The fourth-order valence-electron chi connectivity index (χ4n) is 11.8. The van der Waals surface area contributed by atoms with Crippen LogP contribution in [-0.2, 0) is 0 Å². The van der Waals surface area contributed by atoms with E-state index in [4.69, 9.17) is 0 Å². The van der Waals surface area contributed by atoms with Crippen molar-refractivity contribution in [2.75, 3.05) is 0 Å². The molecule has 0 heteroatoms. The zero-order valence-corrected chi connectivity index (χ0v) is 41.3. The Morgan fingerprint density at radius 2 is 0.873 bits per heavy atom. The van der Waals surface area contributed by atoms with Gasteiger partial charge in [0.2, 0.25) is 0 Å². The molecule has 0 fully saturated rings. The standard InChI is InChI=1S/C71H54/c1-44-35-46(3)68(47(4)36-44)70-58-31-27-54(50-19-11-7-12-20-50)39-62(58)66(63-40-55(28-32-59(63)70)51-21-13-8-14-22-51)43-67-64-41-56(52-23-15-9-16-24-52)29-33-60(64)71(69-48(5)37-45(2)38-49(69)6)61-34-30-57(42-65(61)67)53-25-17-10-18-26-53/h7-42H,1-6H3. The molecule has 0 aromatic heterocycles. The Bertz CT molecular complexity index is 3800. The van der Waals surface area contributed by atoms with Crippen LogP contribution in [0.25, 0.3) is 78.7 Å². The van der Waals surface area contributed by atoms with Gasteiger partial charge in [0.1, 0.15) is 0 Å². The highest BCUT2D eigenvalue weighted by molar-refractivity contribution is 6.07. The van der Waals surface area contributed by atoms with Crippen LogP contribution in [0.2, 0.25) is 0 Å². The van der Waals surface area contributed by atoms with E-state index in [-0.39, 0.29) is 0 Å². The minimum Gasteiger partial charge on any atom is -0.121 e. The Morgan fingerprint density at radius 1 is 0.408 bits per heavy atom. The van der Waals surface area contributed by atoms with Crippen molar-refractivity contribution in [3.8, 4) is 44.5 Å². The first-order valence-electron chi connectivity index (χ1n) is 24.9. The van der Waals surface area contributed by atoms with E-state index in [1.165, 1.54) is 145 Å². The SMILES string of the molecule is Cc1cc(C)c(-c2c3c(c(=C=C4c5cc(-c6ccccc6)ccc5[C+](c5c(C)cc(C)cc5C)c5ccc(-c6ccccc6)cc54)c4cc(-c5ccccc5)ccc24)=C[C-](c2ccccc2)C=C3)c(C)c1.